The molecule has 1 fully saturated rings. The summed E-state index contributed by atoms with van der Waals surface area (Å²) in [6.07, 6.45) is 3.51. The predicted octanol–water partition coefficient (Wildman–Crippen LogP) is 1.41. The summed E-state index contributed by atoms with van der Waals surface area (Å²) in [4.78, 5) is 35.8. The first-order chi connectivity index (χ1) is 10.1. The standard InChI is InChI=1S/C15H18N2O4/c18-13-4-2-1-3-9-17(13)12-7-5-11(6-8-12)15(21)16-10-14(19)20/h5-8H,1-4,9-10H2,(H,16,21)(H,19,20). The van der Waals surface area contributed by atoms with Gasteiger partial charge in [0.15, 0.2) is 0 Å². The average molecular weight is 290 g/mol. The first-order valence-corrected chi connectivity index (χ1v) is 6.98. The van der Waals surface area contributed by atoms with E-state index in [1.165, 1.54) is 0 Å². The van der Waals surface area contributed by atoms with Gasteiger partial charge in [0.1, 0.15) is 6.54 Å². The SMILES string of the molecule is O=C(O)CNC(=O)c1ccc(N2CCCCCC2=O)cc1. The summed E-state index contributed by atoms with van der Waals surface area (Å²) in [5, 5.41) is 10.8. The van der Waals surface area contributed by atoms with Crippen LogP contribution in [0, 0.1) is 0 Å². The van der Waals surface area contributed by atoms with Crippen molar-refractivity contribution in [2.24, 2.45) is 0 Å². The van der Waals surface area contributed by atoms with Crippen molar-refractivity contribution >= 4 is 23.5 Å². The molecular formula is C15H18N2O4. The monoisotopic (exact) mass is 290 g/mol. The molecule has 0 aromatic heterocycles. The first-order valence-electron chi connectivity index (χ1n) is 6.98. The third-order valence-corrected chi connectivity index (χ3v) is 3.41. The smallest absolute Gasteiger partial charge is 0.322 e. The van der Waals surface area contributed by atoms with E-state index in [4.69, 9.17) is 5.11 Å². The molecule has 1 heterocycles. The van der Waals surface area contributed by atoms with Crippen LogP contribution in [-0.2, 0) is 9.59 Å². The zero-order valence-electron chi connectivity index (χ0n) is 11.7. The third-order valence-electron chi connectivity index (χ3n) is 3.41. The maximum absolute atomic E-state index is 12.0. The molecule has 0 bridgehead atoms. The first kappa shape index (κ1) is 15.0. The zero-order chi connectivity index (χ0) is 15.2. The number of carboxylic acids is 1. The number of rotatable bonds is 4. The Balaban J connectivity index is 2.05. The molecule has 0 atom stereocenters. The molecule has 0 unspecified atom stereocenters. The molecule has 1 aliphatic rings. The summed E-state index contributed by atoms with van der Waals surface area (Å²) in [6.45, 7) is 0.286. The number of hydrogen-bond donors (Lipinski definition) is 2. The molecule has 2 rings (SSSR count). The van der Waals surface area contributed by atoms with E-state index in [0.29, 0.717) is 18.5 Å². The van der Waals surface area contributed by atoms with Crippen molar-refractivity contribution in [1.29, 1.82) is 0 Å². The molecule has 0 saturated carbocycles. The molecule has 112 valence electrons. The Morgan fingerprint density at radius 1 is 1.14 bits per heavy atom. The van der Waals surface area contributed by atoms with E-state index in [1.54, 1.807) is 29.2 Å². The van der Waals surface area contributed by atoms with Gasteiger partial charge in [-0.25, -0.2) is 0 Å². The Morgan fingerprint density at radius 3 is 2.52 bits per heavy atom. The van der Waals surface area contributed by atoms with Gasteiger partial charge in [-0.05, 0) is 37.1 Å². The number of carbonyl (C=O) groups is 3. The molecule has 0 radical (unpaired) electrons. The molecule has 2 amide bonds. The lowest BCUT2D eigenvalue weighted by Crippen LogP contribution is -2.30. The van der Waals surface area contributed by atoms with Gasteiger partial charge in [0, 0.05) is 24.2 Å². The van der Waals surface area contributed by atoms with Gasteiger partial charge in [-0.3, -0.25) is 14.4 Å². The van der Waals surface area contributed by atoms with Crippen LogP contribution >= 0.6 is 0 Å². The minimum absolute atomic E-state index is 0.107. The van der Waals surface area contributed by atoms with Gasteiger partial charge >= 0.3 is 5.97 Å². The zero-order valence-corrected chi connectivity index (χ0v) is 11.7. The Hall–Kier alpha value is -2.37. The fraction of sp³-hybridized carbons (Fsp3) is 0.400. The second-order valence-electron chi connectivity index (χ2n) is 4.98. The van der Waals surface area contributed by atoms with E-state index < -0.39 is 18.4 Å². The van der Waals surface area contributed by atoms with Crippen molar-refractivity contribution in [1.82, 2.24) is 5.32 Å². The topological polar surface area (TPSA) is 86.7 Å². The van der Waals surface area contributed by atoms with E-state index in [1.807, 2.05) is 0 Å². The van der Waals surface area contributed by atoms with Crippen molar-refractivity contribution < 1.29 is 19.5 Å². The summed E-state index contributed by atoms with van der Waals surface area (Å²) >= 11 is 0. The summed E-state index contributed by atoms with van der Waals surface area (Å²) in [6, 6.07) is 6.65. The van der Waals surface area contributed by atoms with Gasteiger partial charge in [-0.2, -0.15) is 0 Å². The molecule has 21 heavy (non-hydrogen) atoms. The molecule has 1 aromatic carbocycles. The van der Waals surface area contributed by atoms with Crippen molar-refractivity contribution in [2.45, 2.75) is 25.7 Å². The molecule has 2 N–H and O–H groups in total. The molecule has 1 saturated heterocycles. The van der Waals surface area contributed by atoms with Crippen LogP contribution in [-0.4, -0.2) is 36.0 Å². The Bertz CT molecular complexity index is 539. The number of nitrogens with zero attached hydrogens (tertiary/aromatic N) is 1. The Kier molecular flexibility index (Phi) is 4.92. The lowest BCUT2D eigenvalue weighted by Gasteiger charge is -2.20. The molecule has 1 aromatic rings. The van der Waals surface area contributed by atoms with Crippen LogP contribution in [0.3, 0.4) is 0 Å². The maximum atomic E-state index is 12.0. The lowest BCUT2D eigenvalue weighted by molar-refractivity contribution is -0.135. The van der Waals surface area contributed by atoms with Crippen molar-refractivity contribution in [2.75, 3.05) is 18.0 Å². The van der Waals surface area contributed by atoms with E-state index in [2.05, 4.69) is 5.32 Å². The van der Waals surface area contributed by atoms with Crippen LogP contribution < -0.4 is 10.2 Å². The quantitative estimate of drug-likeness (QED) is 0.877. The molecule has 0 aliphatic carbocycles. The van der Waals surface area contributed by atoms with Gasteiger partial charge in [0.25, 0.3) is 5.91 Å². The molecule has 0 spiro atoms. The number of anilines is 1. The van der Waals surface area contributed by atoms with Gasteiger partial charge in [0.05, 0.1) is 0 Å². The van der Waals surface area contributed by atoms with E-state index in [-0.39, 0.29) is 5.91 Å². The average Bonchev–Trinajstić information content (AvgIpc) is 2.69. The highest BCUT2D eigenvalue weighted by molar-refractivity contribution is 5.97. The van der Waals surface area contributed by atoms with Crippen molar-refractivity contribution in [3.63, 3.8) is 0 Å². The fourth-order valence-electron chi connectivity index (χ4n) is 2.31. The fourth-order valence-corrected chi connectivity index (χ4v) is 2.31. The summed E-state index contributed by atoms with van der Waals surface area (Å²) < 4.78 is 0. The Morgan fingerprint density at radius 2 is 1.86 bits per heavy atom. The summed E-state index contributed by atoms with van der Waals surface area (Å²) in [7, 11) is 0. The number of aliphatic carboxylic acids is 1. The largest absolute Gasteiger partial charge is 0.480 e. The number of carboxylic acid groups (broad SMARTS) is 1. The van der Waals surface area contributed by atoms with E-state index in [0.717, 1.165) is 24.9 Å². The highest BCUT2D eigenvalue weighted by Gasteiger charge is 2.18. The predicted molar refractivity (Wildman–Crippen MR) is 77.2 cm³/mol. The third kappa shape index (κ3) is 4.05. The van der Waals surface area contributed by atoms with Crippen LogP contribution in [0.5, 0.6) is 0 Å². The molecule has 6 nitrogen and oxygen atoms in total. The highest BCUT2D eigenvalue weighted by Crippen LogP contribution is 2.20. The molecule has 6 heteroatoms. The number of carbonyl (C=O) groups excluding carboxylic acids is 2. The number of amides is 2. The maximum Gasteiger partial charge on any atom is 0.322 e. The van der Waals surface area contributed by atoms with Crippen LogP contribution in [0.1, 0.15) is 36.0 Å². The number of hydrogen-bond acceptors (Lipinski definition) is 3. The summed E-state index contributed by atoms with van der Waals surface area (Å²) in [5.74, 6) is -1.42. The van der Waals surface area contributed by atoms with Crippen LogP contribution in [0.25, 0.3) is 0 Å². The highest BCUT2D eigenvalue weighted by atomic mass is 16.4. The van der Waals surface area contributed by atoms with Gasteiger partial charge < -0.3 is 15.3 Å². The summed E-state index contributed by atoms with van der Waals surface area (Å²) in [5.41, 5.74) is 1.15. The molecular weight excluding hydrogens is 272 g/mol. The van der Waals surface area contributed by atoms with E-state index in [9.17, 15) is 14.4 Å². The Labute approximate surface area is 122 Å². The lowest BCUT2D eigenvalue weighted by atomic mass is 10.1. The molecule has 1 aliphatic heterocycles. The van der Waals surface area contributed by atoms with Gasteiger partial charge in [-0.1, -0.05) is 6.42 Å². The van der Waals surface area contributed by atoms with Crippen LogP contribution in [0.2, 0.25) is 0 Å². The number of nitrogens with one attached hydrogen (secondary N) is 1. The minimum atomic E-state index is -1.09. The second kappa shape index (κ2) is 6.88. The second-order valence-corrected chi connectivity index (χ2v) is 4.98. The van der Waals surface area contributed by atoms with E-state index >= 15 is 0 Å². The van der Waals surface area contributed by atoms with Gasteiger partial charge in [-0.15, -0.1) is 0 Å². The van der Waals surface area contributed by atoms with Crippen LogP contribution in [0.15, 0.2) is 24.3 Å². The minimum Gasteiger partial charge on any atom is -0.480 e. The van der Waals surface area contributed by atoms with Crippen LogP contribution in [0.4, 0.5) is 5.69 Å². The number of benzene rings is 1. The van der Waals surface area contributed by atoms with Crippen molar-refractivity contribution in [3.05, 3.63) is 29.8 Å². The van der Waals surface area contributed by atoms with Gasteiger partial charge in [0.2, 0.25) is 5.91 Å². The van der Waals surface area contributed by atoms with Crippen molar-refractivity contribution in [3.8, 4) is 0 Å². The normalized spacial score (nSPS) is 15.4.